The highest BCUT2D eigenvalue weighted by Gasteiger charge is 2.57. The van der Waals surface area contributed by atoms with Crippen LogP contribution in [0.3, 0.4) is 0 Å². The van der Waals surface area contributed by atoms with Crippen molar-refractivity contribution in [2.45, 2.75) is 77.5 Å². The predicted octanol–water partition coefficient (Wildman–Crippen LogP) is 3.98. The van der Waals surface area contributed by atoms with Crippen molar-refractivity contribution in [3.8, 4) is 11.6 Å². The number of para-hydroxylation sites is 1. The average molecular weight is 589 g/mol. The van der Waals surface area contributed by atoms with Gasteiger partial charge in [-0.2, -0.15) is 5.09 Å². The summed E-state index contributed by atoms with van der Waals surface area (Å²) in [6, 6.07) is 9.80. The van der Waals surface area contributed by atoms with Gasteiger partial charge >= 0.3 is 19.4 Å². The van der Waals surface area contributed by atoms with Crippen LogP contribution in [0, 0.1) is 16.7 Å². The molecule has 2 heterocycles. The number of aromatic nitrogens is 2. The first kappa shape index (κ1) is 29.8. The molecular formula is C29H39N3O8P-. The molecule has 0 amide bonds. The Hall–Kier alpha value is -2.72. The number of nitrogens with one attached hydrogen (secondary N) is 1. The van der Waals surface area contributed by atoms with Gasteiger partial charge in [-0.1, -0.05) is 45.9 Å². The predicted molar refractivity (Wildman–Crippen MR) is 148 cm³/mol. The van der Waals surface area contributed by atoms with Crippen molar-refractivity contribution in [1.29, 1.82) is 0 Å². The lowest BCUT2D eigenvalue weighted by Gasteiger charge is -2.40. The summed E-state index contributed by atoms with van der Waals surface area (Å²) in [7, 11) is -4.00. The van der Waals surface area contributed by atoms with Gasteiger partial charge in [0.2, 0.25) is 0 Å². The van der Waals surface area contributed by atoms with E-state index in [2.05, 4.69) is 10.1 Å². The minimum Gasteiger partial charge on any atom is -0.858 e. The second-order valence-electron chi connectivity index (χ2n) is 12.9. The quantitative estimate of drug-likeness (QED) is 0.303. The van der Waals surface area contributed by atoms with Crippen molar-refractivity contribution in [2.75, 3.05) is 19.8 Å². The van der Waals surface area contributed by atoms with Gasteiger partial charge in [0, 0.05) is 12.1 Å². The topological polar surface area (TPSA) is 141 Å². The lowest BCUT2D eigenvalue weighted by Crippen LogP contribution is -2.44. The number of rotatable bonds is 11. The first-order valence-electron chi connectivity index (χ1n) is 14.2. The molecule has 3 fully saturated rings. The molecule has 224 valence electrons. The molecule has 1 aliphatic heterocycles. The van der Waals surface area contributed by atoms with Gasteiger partial charge in [0.15, 0.2) is 0 Å². The molecule has 12 heteroatoms. The van der Waals surface area contributed by atoms with Gasteiger partial charge in [-0.05, 0) is 67.0 Å². The number of nitrogens with zero attached hydrogens (tertiary/aromatic N) is 2. The first-order valence-corrected chi connectivity index (χ1v) is 15.7. The number of benzene rings is 1. The zero-order chi connectivity index (χ0) is 29.5. The van der Waals surface area contributed by atoms with Crippen LogP contribution < -0.4 is 20.4 Å². The third-order valence-electron chi connectivity index (χ3n) is 8.05. The summed E-state index contributed by atoms with van der Waals surface area (Å²) < 4.78 is 39.2. The fourth-order valence-electron chi connectivity index (χ4n) is 5.25. The van der Waals surface area contributed by atoms with E-state index >= 15 is 0 Å². The summed E-state index contributed by atoms with van der Waals surface area (Å²) >= 11 is 0. The van der Waals surface area contributed by atoms with Crippen LogP contribution >= 0.6 is 7.75 Å². The molecule has 2 aliphatic carbocycles. The number of carbonyl (C=O) groups is 1. The summed E-state index contributed by atoms with van der Waals surface area (Å²) in [5.74, 6) is -0.827. The van der Waals surface area contributed by atoms with Crippen LogP contribution in [-0.4, -0.2) is 47.0 Å². The SMILES string of the molecule is C[C@@H](COP(=O)(NC1(C(=O)OCC(C)(C)C)CC1)Oc1ccccc1)C1CC2(CC2)C(n2ccc([O-])nc2=O)CO1. The Morgan fingerprint density at radius 3 is 2.54 bits per heavy atom. The Bertz CT molecular complexity index is 1350. The van der Waals surface area contributed by atoms with Crippen molar-refractivity contribution in [2.24, 2.45) is 16.7 Å². The molecule has 2 saturated carbocycles. The van der Waals surface area contributed by atoms with Gasteiger partial charge in [-0.15, -0.1) is 0 Å². The fourth-order valence-corrected chi connectivity index (χ4v) is 7.09. The van der Waals surface area contributed by atoms with Crippen LogP contribution in [-0.2, 0) is 23.4 Å². The van der Waals surface area contributed by atoms with Gasteiger partial charge in [0.05, 0.1) is 32.0 Å². The zero-order valence-electron chi connectivity index (χ0n) is 24.0. The number of esters is 1. The van der Waals surface area contributed by atoms with Gasteiger partial charge in [0.1, 0.15) is 11.3 Å². The van der Waals surface area contributed by atoms with E-state index in [9.17, 15) is 19.3 Å². The first-order chi connectivity index (χ1) is 19.3. The molecule has 3 aliphatic rings. The standard InChI is InChI=1S/C29H40N3O8P/c1-20(22-16-28(11-12-28)23(18-37-22)32-15-10-24(33)30-26(32)35)17-39-41(36,40-21-8-6-5-7-9-21)31-29(13-14-29)25(34)38-19-27(2,3)4/h5-10,15,20,22-23H,11-14,16-19H2,1-4H3,(H,31,36)(H,30,33,35)/p-1/t20-,22?,23?,41?/m0/s1. The number of carbonyl (C=O) groups excluding carboxylic acids is 1. The van der Waals surface area contributed by atoms with Crippen LogP contribution in [0.25, 0.3) is 0 Å². The number of hydrogen-bond donors (Lipinski definition) is 1. The summed E-state index contributed by atoms with van der Waals surface area (Å²) in [6.07, 6.45) is 4.80. The largest absolute Gasteiger partial charge is 0.858 e. The Morgan fingerprint density at radius 2 is 1.93 bits per heavy atom. The number of ether oxygens (including phenoxy) is 2. The third-order valence-corrected chi connectivity index (χ3v) is 9.70. The van der Waals surface area contributed by atoms with Crippen LogP contribution in [0.4, 0.5) is 0 Å². The molecule has 5 rings (SSSR count). The summed E-state index contributed by atoms with van der Waals surface area (Å²) in [5.41, 5.74) is -2.01. The molecule has 1 aromatic heterocycles. The molecule has 41 heavy (non-hydrogen) atoms. The van der Waals surface area contributed by atoms with Crippen LogP contribution in [0.15, 0.2) is 47.4 Å². The smallest absolute Gasteiger partial charge is 0.459 e. The second kappa shape index (κ2) is 11.2. The molecule has 0 bridgehead atoms. The van der Waals surface area contributed by atoms with E-state index < -0.39 is 30.8 Å². The molecule has 1 saturated heterocycles. The molecule has 1 spiro atoms. The molecule has 0 radical (unpaired) electrons. The van der Waals surface area contributed by atoms with Crippen molar-refractivity contribution in [1.82, 2.24) is 14.6 Å². The van der Waals surface area contributed by atoms with E-state index in [1.54, 1.807) is 24.3 Å². The van der Waals surface area contributed by atoms with Crippen molar-refractivity contribution in [3.05, 3.63) is 53.1 Å². The maximum absolute atomic E-state index is 14.1. The highest BCUT2D eigenvalue weighted by molar-refractivity contribution is 7.52. The molecule has 11 nitrogen and oxygen atoms in total. The van der Waals surface area contributed by atoms with Crippen molar-refractivity contribution < 1.29 is 33.0 Å². The van der Waals surface area contributed by atoms with Gasteiger partial charge in [-0.25, -0.2) is 14.3 Å². The molecule has 1 N–H and O–H groups in total. The van der Waals surface area contributed by atoms with Gasteiger partial charge < -0.3 is 19.1 Å². The molecule has 2 aromatic rings. The van der Waals surface area contributed by atoms with Crippen LogP contribution in [0.1, 0.15) is 65.8 Å². The maximum Gasteiger partial charge on any atom is 0.459 e. The second-order valence-corrected chi connectivity index (χ2v) is 14.6. The Kier molecular flexibility index (Phi) is 8.11. The van der Waals surface area contributed by atoms with E-state index in [4.69, 9.17) is 18.5 Å². The minimum absolute atomic E-state index is 0.0576. The highest BCUT2D eigenvalue weighted by atomic mass is 31.2. The lowest BCUT2D eigenvalue weighted by molar-refractivity contribution is -0.275. The van der Waals surface area contributed by atoms with E-state index in [1.165, 1.54) is 16.8 Å². The van der Waals surface area contributed by atoms with Gasteiger partial charge in [-0.3, -0.25) is 13.9 Å². The molecular weight excluding hydrogens is 549 g/mol. The third kappa shape index (κ3) is 7.02. The fraction of sp³-hybridized carbons (Fsp3) is 0.621. The zero-order valence-corrected chi connectivity index (χ0v) is 24.9. The Morgan fingerprint density at radius 1 is 1.22 bits per heavy atom. The normalized spacial score (nSPS) is 24.7. The van der Waals surface area contributed by atoms with E-state index in [1.807, 2.05) is 33.8 Å². The van der Waals surface area contributed by atoms with Crippen molar-refractivity contribution >= 4 is 13.7 Å². The van der Waals surface area contributed by atoms with E-state index in [0.29, 0.717) is 31.6 Å². The summed E-state index contributed by atoms with van der Waals surface area (Å²) in [5, 5.41) is 14.4. The lowest BCUT2D eigenvalue weighted by atomic mass is 9.83. The van der Waals surface area contributed by atoms with E-state index in [0.717, 1.165) is 12.8 Å². The Balaban J connectivity index is 1.25. The Labute approximate surface area is 240 Å². The molecule has 3 unspecified atom stereocenters. The maximum atomic E-state index is 14.1. The van der Waals surface area contributed by atoms with Gasteiger partial charge in [0.25, 0.3) is 0 Å². The average Bonchev–Trinajstić information content (AvgIpc) is 3.85. The summed E-state index contributed by atoms with van der Waals surface area (Å²) in [4.78, 5) is 28.9. The monoisotopic (exact) mass is 588 g/mol. The molecule has 4 atom stereocenters. The van der Waals surface area contributed by atoms with E-state index in [-0.39, 0.29) is 42.1 Å². The highest BCUT2D eigenvalue weighted by Crippen LogP contribution is 2.60. The number of hydrogen-bond acceptors (Lipinski definition) is 9. The minimum atomic E-state index is -4.00. The van der Waals surface area contributed by atoms with Crippen molar-refractivity contribution in [3.63, 3.8) is 0 Å². The molecule has 1 aromatic carbocycles. The van der Waals surface area contributed by atoms with Crippen LogP contribution in [0.2, 0.25) is 0 Å². The van der Waals surface area contributed by atoms with Crippen LogP contribution in [0.5, 0.6) is 11.6 Å². The summed E-state index contributed by atoms with van der Waals surface area (Å²) in [6.45, 7) is 8.47.